The maximum atomic E-state index is 5.89. The quantitative estimate of drug-likeness (QED) is 0.803. The Hall–Kier alpha value is -1.09. The van der Waals surface area contributed by atoms with E-state index in [4.69, 9.17) is 5.73 Å². The van der Waals surface area contributed by atoms with Gasteiger partial charge in [-0.1, -0.05) is 6.07 Å². The number of nitrogens with one attached hydrogen (secondary N) is 1. The Morgan fingerprint density at radius 1 is 1.19 bits per heavy atom. The number of nitrogens with zero attached hydrogens (tertiary/aromatic N) is 1. The molecule has 1 aliphatic rings. The smallest absolute Gasteiger partial charge is 0.126 e. The Balaban J connectivity index is 1.96. The fourth-order valence-electron chi connectivity index (χ4n) is 2.18. The van der Waals surface area contributed by atoms with Gasteiger partial charge in [0.25, 0.3) is 0 Å². The van der Waals surface area contributed by atoms with E-state index in [2.05, 4.69) is 36.3 Å². The molecule has 1 fully saturated rings. The maximum Gasteiger partial charge on any atom is 0.126 e. The summed E-state index contributed by atoms with van der Waals surface area (Å²) in [7, 11) is 0. The van der Waals surface area contributed by atoms with Gasteiger partial charge in [-0.25, -0.2) is 4.98 Å². The maximum absolute atomic E-state index is 5.89. The zero-order chi connectivity index (χ0) is 11.5. The van der Waals surface area contributed by atoms with Gasteiger partial charge in [0.05, 0.1) is 0 Å². The lowest BCUT2D eigenvalue weighted by atomic mass is 9.92. The third-order valence-electron chi connectivity index (χ3n) is 3.47. The lowest BCUT2D eigenvalue weighted by molar-refractivity contribution is 0.410. The number of hydrogen-bond donors (Lipinski definition) is 2. The van der Waals surface area contributed by atoms with Gasteiger partial charge in [-0.15, -0.1) is 0 Å². The van der Waals surface area contributed by atoms with Gasteiger partial charge >= 0.3 is 0 Å². The molecule has 0 atom stereocenters. The van der Waals surface area contributed by atoms with Crippen LogP contribution in [-0.4, -0.2) is 17.1 Å². The lowest BCUT2D eigenvalue weighted by Crippen LogP contribution is -2.33. The molecule has 0 aromatic carbocycles. The van der Waals surface area contributed by atoms with Crippen molar-refractivity contribution >= 4 is 5.82 Å². The van der Waals surface area contributed by atoms with Crippen molar-refractivity contribution in [2.75, 3.05) is 5.32 Å². The van der Waals surface area contributed by atoms with Crippen molar-refractivity contribution in [2.45, 2.75) is 51.6 Å². The van der Waals surface area contributed by atoms with E-state index in [1.54, 1.807) is 0 Å². The molecule has 1 saturated carbocycles. The Morgan fingerprint density at radius 3 is 2.50 bits per heavy atom. The van der Waals surface area contributed by atoms with Crippen molar-refractivity contribution in [3.63, 3.8) is 0 Å². The van der Waals surface area contributed by atoms with Crippen LogP contribution in [-0.2, 0) is 0 Å². The van der Waals surface area contributed by atoms with Crippen molar-refractivity contribution in [1.82, 2.24) is 4.98 Å². The van der Waals surface area contributed by atoms with E-state index in [9.17, 15) is 0 Å². The average molecular weight is 219 g/mol. The summed E-state index contributed by atoms with van der Waals surface area (Å²) in [5.74, 6) is 1.00. The van der Waals surface area contributed by atoms with Gasteiger partial charge in [-0.2, -0.15) is 0 Å². The summed E-state index contributed by atoms with van der Waals surface area (Å²) in [5, 5.41) is 3.50. The molecular weight excluding hydrogens is 198 g/mol. The van der Waals surface area contributed by atoms with Gasteiger partial charge in [0.1, 0.15) is 5.82 Å². The van der Waals surface area contributed by atoms with Crippen LogP contribution < -0.4 is 11.1 Å². The summed E-state index contributed by atoms with van der Waals surface area (Å²) in [6, 6.07) is 5.15. The molecule has 16 heavy (non-hydrogen) atoms. The molecular formula is C13H21N3. The molecule has 0 bridgehead atoms. The highest BCUT2D eigenvalue weighted by atomic mass is 15.0. The minimum absolute atomic E-state index is 0.408. The Bertz CT molecular complexity index is 354. The first-order chi connectivity index (χ1) is 7.65. The van der Waals surface area contributed by atoms with E-state index >= 15 is 0 Å². The number of pyridine rings is 1. The number of aryl methyl sites for hydroxylation is 2. The molecule has 3 N–H and O–H groups in total. The zero-order valence-corrected chi connectivity index (χ0v) is 10.2. The van der Waals surface area contributed by atoms with E-state index in [-0.39, 0.29) is 0 Å². The normalized spacial score (nSPS) is 25.4. The number of anilines is 1. The second kappa shape index (κ2) is 4.83. The van der Waals surface area contributed by atoms with Gasteiger partial charge in [0.2, 0.25) is 0 Å². The van der Waals surface area contributed by atoms with Crippen molar-refractivity contribution in [3.8, 4) is 0 Å². The van der Waals surface area contributed by atoms with E-state index in [0.29, 0.717) is 12.1 Å². The minimum Gasteiger partial charge on any atom is -0.367 e. The van der Waals surface area contributed by atoms with Crippen LogP contribution in [0.5, 0.6) is 0 Å². The molecule has 0 amide bonds. The molecule has 2 rings (SSSR count). The Labute approximate surface area is 97.5 Å². The molecule has 0 unspecified atom stereocenters. The SMILES string of the molecule is Cc1ccc(NC2CCC(N)CC2)nc1C. The van der Waals surface area contributed by atoms with Crippen LogP contribution in [0.15, 0.2) is 12.1 Å². The molecule has 1 aromatic heterocycles. The fourth-order valence-corrected chi connectivity index (χ4v) is 2.18. The average Bonchev–Trinajstić information content (AvgIpc) is 2.27. The highest BCUT2D eigenvalue weighted by Gasteiger charge is 2.18. The van der Waals surface area contributed by atoms with Crippen LogP contribution in [0, 0.1) is 13.8 Å². The first kappa shape index (κ1) is 11.4. The summed E-state index contributed by atoms with van der Waals surface area (Å²) in [6.45, 7) is 4.14. The summed E-state index contributed by atoms with van der Waals surface area (Å²) in [6.07, 6.45) is 4.58. The summed E-state index contributed by atoms with van der Waals surface area (Å²) in [4.78, 5) is 4.54. The van der Waals surface area contributed by atoms with Gasteiger partial charge < -0.3 is 11.1 Å². The third kappa shape index (κ3) is 2.73. The van der Waals surface area contributed by atoms with Gasteiger partial charge in [0, 0.05) is 17.8 Å². The fraction of sp³-hybridized carbons (Fsp3) is 0.615. The predicted molar refractivity (Wildman–Crippen MR) is 67.6 cm³/mol. The summed E-state index contributed by atoms with van der Waals surface area (Å²) >= 11 is 0. The molecule has 3 heteroatoms. The van der Waals surface area contributed by atoms with Gasteiger partial charge in [-0.3, -0.25) is 0 Å². The van der Waals surface area contributed by atoms with Crippen LogP contribution in [0.4, 0.5) is 5.82 Å². The van der Waals surface area contributed by atoms with Crippen molar-refractivity contribution in [2.24, 2.45) is 5.73 Å². The van der Waals surface area contributed by atoms with Gasteiger partial charge in [-0.05, 0) is 51.2 Å². The topological polar surface area (TPSA) is 50.9 Å². The van der Waals surface area contributed by atoms with E-state index in [1.807, 2.05) is 0 Å². The predicted octanol–water partition coefficient (Wildman–Crippen LogP) is 2.38. The van der Waals surface area contributed by atoms with Crippen molar-refractivity contribution in [1.29, 1.82) is 0 Å². The largest absolute Gasteiger partial charge is 0.367 e. The molecule has 88 valence electrons. The van der Waals surface area contributed by atoms with Crippen molar-refractivity contribution in [3.05, 3.63) is 23.4 Å². The Kier molecular flexibility index (Phi) is 3.44. The summed E-state index contributed by atoms with van der Waals surface area (Å²) < 4.78 is 0. The molecule has 0 aliphatic heterocycles. The highest BCUT2D eigenvalue weighted by molar-refractivity contribution is 5.39. The zero-order valence-electron chi connectivity index (χ0n) is 10.2. The molecule has 1 aromatic rings. The molecule has 0 saturated heterocycles. The molecule has 1 aliphatic carbocycles. The van der Waals surface area contributed by atoms with Crippen LogP contribution in [0.2, 0.25) is 0 Å². The second-order valence-corrected chi connectivity index (χ2v) is 4.85. The Morgan fingerprint density at radius 2 is 1.88 bits per heavy atom. The minimum atomic E-state index is 0.408. The number of hydrogen-bond acceptors (Lipinski definition) is 3. The van der Waals surface area contributed by atoms with E-state index in [0.717, 1.165) is 37.2 Å². The first-order valence-electron chi connectivity index (χ1n) is 6.11. The van der Waals surface area contributed by atoms with Crippen LogP contribution >= 0.6 is 0 Å². The second-order valence-electron chi connectivity index (χ2n) is 4.85. The van der Waals surface area contributed by atoms with Crippen LogP contribution in [0.25, 0.3) is 0 Å². The molecule has 3 nitrogen and oxygen atoms in total. The highest BCUT2D eigenvalue weighted by Crippen LogP contribution is 2.20. The van der Waals surface area contributed by atoms with Gasteiger partial charge in [0.15, 0.2) is 0 Å². The molecule has 0 radical (unpaired) electrons. The number of aromatic nitrogens is 1. The third-order valence-corrected chi connectivity index (χ3v) is 3.47. The molecule has 0 spiro atoms. The van der Waals surface area contributed by atoms with E-state index < -0.39 is 0 Å². The first-order valence-corrected chi connectivity index (χ1v) is 6.11. The summed E-state index contributed by atoms with van der Waals surface area (Å²) in [5.41, 5.74) is 8.25. The molecule has 1 heterocycles. The standard InChI is InChI=1S/C13H21N3/c1-9-3-8-13(15-10(9)2)16-12-6-4-11(14)5-7-12/h3,8,11-12H,4-7,14H2,1-2H3,(H,15,16). The van der Waals surface area contributed by atoms with Crippen LogP contribution in [0.3, 0.4) is 0 Å². The van der Waals surface area contributed by atoms with Crippen LogP contribution in [0.1, 0.15) is 36.9 Å². The van der Waals surface area contributed by atoms with Crippen molar-refractivity contribution < 1.29 is 0 Å². The monoisotopic (exact) mass is 219 g/mol. The number of nitrogens with two attached hydrogens (primary N) is 1. The van der Waals surface area contributed by atoms with E-state index in [1.165, 1.54) is 5.56 Å². The number of rotatable bonds is 2. The lowest BCUT2D eigenvalue weighted by Gasteiger charge is -2.27.